The second-order valence-electron chi connectivity index (χ2n) is 10.1. The average Bonchev–Trinajstić information content (AvgIpc) is 2.82. The third kappa shape index (κ3) is 6.49. The summed E-state index contributed by atoms with van der Waals surface area (Å²) in [6.45, 7) is 4.40. The highest BCUT2D eigenvalue weighted by Crippen LogP contribution is 2.44. The predicted molar refractivity (Wildman–Crippen MR) is 129 cm³/mol. The number of alkyl halides is 1. The Labute approximate surface area is 194 Å². The van der Waals surface area contributed by atoms with Gasteiger partial charge in [-0.15, -0.1) is 6.42 Å². The predicted octanol–water partition coefficient (Wildman–Crippen LogP) is 8.77. The van der Waals surface area contributed by atoms with Crippen LogP contribution in [0.25, 0.3) is 0 Å². The van der Waals surface area contributed by atoms with Crippen LogP contribution in [0.3, 0.4) is 0 Å². The van der Waals surface area contributed by atoms with Crippen molar-refractivity contribution in [2.75, 3.05) is 0 Å². The topological polar surface area (TPSA) is 9.23 Å². The van der Waals surface area contributed by atoms with Crippen molar-refractivity contribution < 1.29 is 13.5 Å². The van der Waals surface area contributed by atoms with E-state index in [0.717, 1.165) is 68.3 Å². The fraction of sp³-hybridized carbons (Fsp3) is 0.724. The van der Waals surface area contributed by atoms with E-state index in [4.69, 9.17) is 11.2 Å². The third-order valence-corrected chi connectivity index (χ3v) is 7.97. The molecule has 2 atom stereocenters. The number of allylic oxidation sites excluding steroid dienone is 5. The maximum atomic E-state index is 15.0. The lowest BCUT2D eigenvalue weighted by Crippen LogP contribution is -2.25. The van der Waals surface area contributed by atoms with Gasteiger partial charge >= 0.3 is 0 Å². The Balaban J connectivity index is 1.54. The number of unbranched alkanes of at least 4 members (excludes halogenated alkanes) is 2. The van der Waals surface area contributed by atoms with Crippen molar-refractivity contribution in [2.45, 2.75) is 116 Å². The Hall–Kier alpha value is -1.56. The zero-order valence-electron chi connectivity index (χ0n) is 20.2. The summed E-state index contributed by atoms with van der Waals surface area (Å²) in [6, 6.07) is 0. The van der Waals surface area contributed by atoms with Crippen molar-refractivity contribution in [2.24, 2.45) is 17.8 Å². The molecule has 3 rings (SSSR count). The SMILES string of the molecule is C#CC(CCCCC)OC1=C(F)C(F)C(=C2CCC(C3CCC(CCC)CC3)CC2)C=C1. The highest BCUT2D eigenvalue weighted by atomic mass is 19.2. The molecule has 0 amide bonds. The lowest BCUT2D eigenvalue weighted by atomic mass is 9.69. The first-order valence-corrected chi connectivity index (χ1v) is 13.1. The summed E-state index contributed by atoms with van der Waals surface area (Å²) in [6.07, 6.45) is 22.6. The molecule has 0 bridgehead atoms. The third-order valence-electron chi connectivity index (χ3n) is 7.97. The van der Waals surface area contributed by atoms with Crippen LogP contribution in [0.1, 0.15) is 104 Å². The Bertz CT molecular complexity index is 723. The maximum Gasteiger partial charge on any atom is 0.180 e. The van der Waals surface area contributed by atoms with Crippen LogP contribution in [0.2, 0.25) is 0 Å². The second-order valence-corrected chi connectivity index (χ2v) is 10.1. The zero-order chi connectivity index (χ0) is 22.9. The monoisotopic (exact) mass is 444 g/mol. The lowest BCUT2D eigenvalue weighted by Gasteiger charge is -2.37. The molecule has 32 heavy (non-hydrogen) atoms. The minimum absolute atomic E-state index is 0.0289. The normalized spacial score (nSPS) is 29.7. The van der Waals surface area contributed by atoms with E-state index in [0.29, 0.717) is 12.0 Å². The molecule has 2 unspecified atom stereocenters. The van der Waals surface area contributed by atoms with Gasteiger partial charge in [-0.25, -0.2) is 8.78 Å². The first kappa shape index (κ1) is 25.1. The van der Waals surface area contributed by atoms with Gasteiger partial charge in [-0.05, 0) is 80.8 Å². The van der Waals surface area contributed by atoms with Gasteiger partial charge in [-0.1, -0.05) is 69.9 Å². The fourth-order valence-corrected chi connectivity index (χ4v) is 6.00. The lowest BCUT2D eigenvalue weighted by molar-refractivity contribution is 0.146. The van der Waals surface area contributed by atoms with Crippen LogP contribution >= 0.6 is 0 Å². The Morgan fingerprint density at radius 1 is 1.00 bits per heavy atom. The number of halogens is 2. The van der Waals surface area contributed by atoms with Crippen molar-refractivity contribution in [1.29, 1.82) is 0 Å². The second kappa shape index (κ2) is 12.6. The van der Waals surface area contributed by atoms with Crippen LogP contribution in [-0.2, 0) is 4.74 Å². The van der Waals surface area contributed by atoms with Gasteiger partial charge in [0, 0.05) is 0 Å². The summed E-state index contributed by atoms with van der Waals surface area (Å²) in [4.78, 5) is 0. The van der Waals surface area contributed by atoms with Crippen molar-refractivity contribution in [3.05, 3.63) is 34.9 Å². The van der Waals surface area contributed by atoms with Crippen molar-refractivity contribution in [3.63, 3.8) is 0 Å². The van der Waals surface area contributed by atoms with Gasteiger partial charge in [-0.2, -0.15) is 0 Å². The van der Waals surface area contributed by atoms with E-state index in [-0.39, 0.29) is 5.76 Å². The van der Waals surface area contributed by atoms with Crippen LogP contribution in [0.15, 0.2) is 34.9 Å². The first-order valence-electron chi connectivity index (χ1n) is 13.1. The molecule has 0 aromatic rings. The quantitative estimate of drug-likeness (QED) is 0.255. The van der Waals surface area contributed by atoms with E-state index in [9.17, 15) is 4.39 Å². The molecular formula is C29H42F2O. The molecule has 2 fully saturated rings. The van der Waals surface area contributed by atoms with E-state index in [1.807, 2.05) is 0 Å². The minimum atomic E-state index is -1.72. The van der Waals surface area contributed by atoms with Crippen LogP contribution in [-0.4, -0.2) is 12.3 Å². The van der Waals surface area contributed by atoms with E-state index in [2.05, 4.69) is 19.8 Å². The molecule has 3 aliphatic rings. The first-order chi connectivity index (χ1) is 15.6. The molecule has 3 aliphatic carbocycles. The molecule has 0 saturated heterocycles. The summed E-state index contributed by atoms with van der Waals surface area (Å²) in [5.41, 5.74) is 1.61. The summed E-state index contributed by atoms with van der Waals surface area (Å²) in [5.74, 6) is 4.25. The minimum Gasteiger partial charge on any atom is -0.475 e. The number of rotatable bonds is 9. The fourth-order valence-electron chi connectivity index (χ4n) is 6.00. The summed E-state index contributed by atoms with van der Waals surface area (Å²) in [5, 5.41) is 0. The van der Waals surface area contributed by atoms with Gasteiger partial charge in [0.2, 0.25) is 0 Å². The van der Waals surface area contributed by atoms with Crippen molar-refractivity contribution in [3.8, 4) is 12.3 Å². The standard InChI is InChI=1S/C29H42F2O/c1-4-7-8-10-25(6-3)32-27-20-19-26(28(30)29(27)31)24-17-15-23(16-18-24)22-13-11-21(9-5-2)12-14-22/h3,19-23,25,28H,4-5,7-18H2,1-2H3. The number of ether oxygens (including phenoxy) is 1. The van der Waals surface area contributed by atoms with Crippen LogP contribution in [0.4, 0.5) is 8.78 Å². The molecule has 2 saturated carbocycles. The van der Waals surface area contributed by atoms with Gasteiger partial charge in [0.05, 0.1) is 0 Å². The molecule has 0 spiro atoms. The van der Waals surface area contributed by atoms with Crippen molar-refractivity contribution >= 4 is 0 Å². The van der Waals surface area contributed by atoms with Crippen LogP contribution < -0.4 is 0 Å². The molecule has 3 heteroatoms. The van der Waals surface area contributed by atoms with Gasteiger partial charge < -0.3 is 4.74 Å². The van der Waals surface area contributed by atoms with Gasteiger partial charge in [-0.3, -0.25) is 0 Å². The molecular weight excluding hydrogens is 402 g/mol. The zero-order valence-corrected chi connectivity index (χ0v) is 20.2. The Kier molecular flexibility index (Phi) is 9.89. The average molecular weight is 445 g/mol. The number of hydrogen-bond donors (Lipinski definition) is 0. The van der Waals surface area contributed by atoms with Gasteiger partial charge in [0.15, 0.2) is 23.9 Å². The van der Waals surface area contributed by atoms with E-state index >= 15 is 4.39 Å². The number of terminal acetylenes is 1. The highest BCUT2D eigenvalue weighted by Gasteiger charge is 2.33. The molecule has 0 N–H and O–H groups in total. The molecule has 0 heterocycles. The highest BCUT2D eigenvalue weighted by molar-refractivity contribution is 5.43. The van der Waals surface area contributed by atoms with Crippen LogP contribution in [0.5, 0.6) is 0 Å². The summed E-state index contributed by atoms with van der Waals surface area (Å²) < 4.78 is 35.5. The molecule has 1 nitrogen and oxygen atoms in total. The smallest absolute Gasteiger partial charge is 0.180 e. The Morgan fingerprint density at radius 3 is 2.31 bits per heavy atom. The molecule has 0 aliphatic heterocycles. The molecule has 0 radical (unpaired) electrons. The van der Waals surface area contributed by atoms with E-state index < -0.39 is 18.1 Å². The maximum absolute atomic E-state index is 15.0. The van der Waals surface area contributed by atoms with Gasteiger partial charge in [0.25, 0.3) is 0 Å². The van der Waals surface area contributed by atoms with Crippen LogP contribution in [0, 0.1) is 30.1 Å². The largest absolute Gasteiger partial charge is 0.475 e. The van der Waals surface area contributed by atoms with E-state index in [1.165, 1.54) is 38.5 Å². The molecule has 0 aromatic carbocycles. The Morgan fingerprint density at radius 2 is 1.69 bits per heavy atom. The molecule has 0 aromatic heterocycles. The summed E-state index contributed by atoms with van der Waals surface area (Å²) >= 11 is 0. The van der Waals surface area contributed by atoms with Gasteiger partial charge in [0.1, 0.15) is 0 Å². The number of hydrogen-bond acceptors (Lipinski definition) is 1. The molecule has 178 valence electrons. The van der Waals surface area contributed by atoms with Crippen molar-refractivity contribution in [1.82, 2.24) is 0 Å². The summed E-state index contributed by atoms with van der Waals surface area (Å²) in [7, 11) is 0. The van der Waals surface area contributed by atoms with E-state index in [1.54, 1.807) is 12.2 Å².